The smallest absolute Gasteiger partial charge is 0.305 e. The third-order valence-corrected chi connectivity index (χ3v) is 3.32. The van der Waals surface area contributed by atoms with Crippen LogP contribution in [0.4, 0.5) is 0 Å². The summed E-state index contributed by atoms with van der Waals surface area (Å²) in [4.78, 5) is 24.2. The number of hydrogen-bond acceptors (Lipinski definition) is 4. The molecule has 1 aliphatic heterocycles. The van der Waals surface area contributed by atoms with Gasteiger partial charge in [0.25, 0.3) is 0 Å². The van der Waals surface area contributed by atoms with Gasteiger partial charge in [-0.25, -0.2) is 0 Å². The van der Waals surface area contributed by atoms with Crippen LogP contribution in [0.5, 0.6) is 0 Å². The zero-order valence-electron chi connectivity index (χ0n) is 11.3. The number of likely N-dealkylation sites (tertiary alicyclic amines) is 1. The molecule has 2 heterocycles. The Labute approximate surface area is 117 Å². The quantitative estimate of drug-likeness (QED) is 0.814. The van der Waals surface area contributed by atoms with Crippen molar-refractivity contribution in [1.29, 1.82) is 0 Å². The summed E-state index contributed by atoms with van der Waals surface area (Å²) in [6.45, 7) is 1.80. The number of amides is 1. The number of carbonyl (C=O) groups excluding carboxylic acids is 1. The Kier molecular flexibility index (Phi) is 5.11. The Hall–Kier alpha value is -1.89. The Balaban J connectivity index is 1.68. The van der Waals surface area contributed by atoms with E-state index in [1.807, 2.05) is 0 Å². The summed E-state index contributed by atoms with van der Waals surface area (Å²) in [5.74, 6) is -0.797. The van der Waals surface area contributed by atoms with Gasteiger partial charge in [0.15, 0.2) is 0 Å². The highest BCUT2D eigenvalue weighted by atomic mass is 16.5. The molecule has 1 aromatic rings. The molecule has 110 valence electrons. The monoisotopic (exact) mass is 281 g/mol. The number of rotatable bonds is 6. The minimum absolute atomic E-state index is 0.0262. The van der Waals surface area contributed by atoms with Crippen molar-refractivity contribution in [3.63, 3.8) is 0 Å². The van der Waals surface area contributed by atoms with Crippen LogP contribution in [0.2, 0.25) is 0 Å². The summed E-state index contributed by atoms with van der Waals surface area (Å²) in [6.07, 6.45) is 5.01. The number of hydrogen-bond donors (Lipinski definition) is 1. The summed E-state index contributed by atoms with van der Waals surface area (Å²) in [5.41, 5.74) is 0. The number of ether oxygens (including phenoxy) is 1. The number of carboxylic acids is 1. The van der Waals surface area contributed by atoms with Crippen molar-refractivity contribution in [1.82, 2.24) is 14.7 Å². The molecule has 0 aromatic carbocycles. The van der Waals surface area contributed by atoms with Gasteiger partial charge in [0.1, 0.15) is 6.54 Å². The first-order valence-corrected chi connectivity index (χ1v) is 6.74. The van der Waals surface area contributed by atoms with Gasteiger partial charge in [-0.2, -0.15) is 5.10 Å². The van der Waals surface area contributed by atoms with Crippen molar-refractivity contribution in [2.45, 2.75) is 31.9 Å². The van der Waals surface area contributed by atoms with Gasteiger partial charge in [0.2, 0.25) is 5.91 Å². The molecule has 0 bridgehead atoms. The topological polar surface area (TPSA) is 84.7 Å². The fourth-order valence-corrected chi connectivity index (χ4v) is 2.22. The number of aromatic nitrogens is 2. The van der Waals surface area contributed by atoms with E-state index in [4.69, 9.17) is 9.84 Å². The lowest BCUT2D eigenvalue weighted by atomic mass is 10.1. The first kappa shape index (κ1) is 14.5. The average Bonchev–Trinajstić information content (AvgIpc) is 2.92. The van der Waals surface area contributed by atoms with Crippen molar-refractivity contribution < 1.29 is 19.4 Å². The van der Waals surface area contributed by atoms with Crippen LogP contribution in [0.25, 0.3) is 0 Å². The molecule has 20 heavy (non-hydrogen) atoms. The molecule has 0 saturated carbocycles. The van der Waals surface area contributed by atoms with Crippen molar-refractivity contribution in [3.8, 4) is 0 Å². The minimum Gasteiger partial charge on any atom is -0.481 e. The third-order valence-electron chi connectivity index (χ3n) is 3.32. The molecule has 0 aliphatic carbocycles. The van der Waals surface area contributed by atoms with Gasteiger partial charge in [-0.1, -0.05) is 0 Å². The van der Waals surface area contributed by atoms with Crippen LogP contribution in [0.1, 0.15) is 19.3 Å². The van der Waals surface area contributed by atoms with Crippen LogP contribution in [-0.2, 0) is 20.9 Å². The number of carbonyl (C=O) groups is 2. The molecule has 0 spiro atoms. The van der Waals surface area contributed by atoms with Crippen LogP contribution in [0.15, 0.2) is 18.5 Å². The molecule has 2 rings (SSSR count). The molecule has 1 N–H and O–H groups in total. The number of carboxylic acid groups (broad SMARTS) is 1. The van der Waals surface area contributed by atoms with Crippen LogP contribution in [0.3, 0.4) is 0 Å². The Morgan fingerprint density at radius 2 is 2.10 bits per heavy atom. The lowest BCUT2D eigenvalue weighted by Gasteiger charge is -2.31. The fraction of sp³-hybridized carbons (Fsp3) is 0.615. The highest BCUT2D eigenvalue weighted by Crippen LogP contribution is 2.14. The molecule has 1 fully saturated rings. The first-order chi connectivity index (χ1) is 9.65. The normalized spacial score (nSPS) is 16.3. The summed E-state index contributed by atoms with van der Waals surface area (Å²) in [6, 6.07) is 1.79. The first-order valence-electron chi connectivity index (χ1n) is 6.74. The van der Waals surface area contributed by atoms with Gasteiger partial charge < -0.3 is 14.7 Å². The van der Waals surface area contributed by atoms with Gasteiger partial charge in [0.05, 0.1) is 19.1 Å². The fourth-order valence-electron chi connectivity index (χ4n) is 2.22. The molecule has 7 nitrogen and oxygen atoms in total. The molecule has 1 saturated heterocycles. The second-order valence-electron chi connectivity index (χ2n) is 4.80. The van der Waals surface area contributed by atoms with E-state index in [0.29, 0.717) is 13.1 Å². The lowest BCUT2D eigenvalue weighted by molar-refractivity contribution is -0.139. The standard InChI is InChI=1S/C13H19N3O4/c17-12(10-16-6-1-5-14-16)15-7-2-11(3-8-15)20-9-4-13(18)19/h1,5-6,11H,2-4,7-10H2,(H,18,19). The summed E-state index contributed by atoms with van der Waals surface area (Å²) < 4.78 is 7.10. The highest BCUT2D eigenvalue weighted by molar-refractivity contribution is 5.76. The van der Waals surface area contributed by atoms with Gasteiger partial charge in [-0.3, -0.25) is 14.3 Å². The Bertz CT molecular complexity index is 438. The Morgan fingerprint density at radius 3 is 2.70 bits per heavy atom. The van der Waals surface area contributed by atoms with E-state index in [1.165, 1.54) is 0 Å². The van der Waals surface area contributed by atoms with Crippen molar-refractivity contribution in [2.75, 3.05) is 19.7 Å². The predicted octanol–water partition coefficient (Wildman–Crippen LogP) is 0.365. The molecular weight excluding hydrogens is 262 g/mol. The van der Waals surface area contributed by atoms with Crippen molar-refractivity contribution in [3.05, 3.63) is 18.5 Å². The van der Waals surface area contributed by atoms with E-state index >= 15 is 0 Å². The molecule has 0 atom stereocenters. The zero-order chi connectivity index (χ0) is 14.4. The largest absolute Gasteiger partial charge is 0.481 e. The third kappa shape index (κ3) is 4.34. The van der Waals surface area contributed by atoms with E-state index in [-0.39, 0.29) is 31.6 Å². The maximum absolute atomic E-state index is 12.0. The molecule has 0 unspecified atom stereocenters. The second kappa shape index (κ2) is 7.04. The maximum Gasteiger partial charge on any atom is 0.305 e. The summed E-state index contributed by atoms with van der Waals surface area (Å²) in [7, 11) is 0. The zero-order valence-corrected chi connectivity index (χ0v) is 11.3. The second-order valence-corrected chi connectivity index (χ2v) is 4.80. The lowest BCUT2D eigenvalue weighted by Crippen LogP contribution is -2.42. The average molecular weight is 281 g/mol. The summed E-state index contributed by atoms with van der Waals surface area (Å²) >= 11 is 0. The van der Waals surface area contributed by atoms with Gasteiger partial charge in [-0.15, -0.1) is 0 Å². The van der Waals surface area contributed by atoms with Crippen molar-refractivity contribution >= 4 is 11.9 Å². The maximum atomic E-state index is 12.0. The molecule has 7 heteroatoms. The van der Waals surface area contributed by atoms with Crippen LogP contribution in [0, 0.1) is 0 Å². The highest BCUT2D eigenvalue weighted by Gasteiger charge is 2.23. The van der Waals surface area contributed by atoms with Crippen molar-refractivity contribution in [2.24, 2.45) is 0 Å². The predicted molar refractivity (Wildman–Crippen MR) is 70.0 cm³/mol. The SMILES string of the molecule is O=C(O)CCOC1CCN(C(=O)Cn2cccn2)CC1. The Morgan fingerprint density at radius 1 is 1.35 bits per heavy atom. The molecule has 0 radical (unpaired) electrons. The van der Waals surface area contributed by atoms with Crippen LogP contribution in [-0.4, -0.2) is 57.5 Å². The molecular formula is C13H19N3O4. The van der Waals surface area contributed by atoms with Crippen LogP contribution >= 0.6 is 0 Å². The minimum atomic E-state index is -0.850. The summed E-state index contributed by atoms with van der Waals surface area (Å²) in [5, 5.41) is 12.6. The van der Waals surface area contributed by atoms with E-state index < -0.39 is 5.97 Å². The molecule has 1 aromatic heterocycles. The van der Waals surface area contributed by atoms with E-state index in [9.17, 15) is 9.59 Å². The van der Waals surface area contributed by atoms with Crippen LogP contribution < -0.4 is 0 Å². The number of piperidine rings is 1. The van der Waals surface area contributed by atoms with Gasteiger partial charge in [0, 0.05) is 25.5 Å². The van der Waals surface area contributed by atoms with E-state index in [0.717, 1.165) is 12.8 Å². The number of aliphatic carboxylic acids is 1. The number of nitrogens with zero attached hydrogens (tertiary/aromatic N) is 3. The van der Waals surface area contributed by atoms with Gasteiger partial charge >= 0.3 is 5.97 Å². The van der Waals surface area contributed by atoms with E-state index in [1.54, 1.807) is 28.0 Å². The molecule has 1 aliphatic rings. The molecule has 1 amide bonds. The van der Waals surface area contributed by atoms with E-state index in [2.05, 4.69) is 5.10 Å². The van der Waals surface area contributed by atoms with Gasteiger partial charge in [-0.05, 0) is 18.9 Å².